The van der Waals surface area contributed by atoms with Gasteiger partial charge in [0.1, 0.15) is 33.5 Å². The number of hydrogen-bond acceptors (Lipinski definition) is 6. The Labute approximate surface area is 461 Å². The van der Waals surface area contributed by atoms with Crippen LogP contribution < -0.4 is 9.80 Å². The average Bonchev–Trinajstić information content (AvgIpc) is 4.30. The lowest BCUT2D eigenvalue weighted by atomic mass is 9.81. The van der Waals surface area contributed by atoms with E-state index < -0.39 is 0 Å². The molecule has 0 aliphatic carbocycles. The highest BCUT2D eigenvalue weighted by Crippen LogP contribution is 2.51. The Morgan fingerprint density at radius 3 is 1.06 bits per heavy atom. The van der Waals surface area contributed by atoms with Crippen molar-refractivity contribution in [3.05, 3.63) is 230 Å². The molecule has 0 unspecified atom stereocenters. The molecule has 80 heavy (non-hydrogen) atoms. The molecule has 0 aliphatic heterocycles. The van der Waals surface area contributed by atoms with E-state index in [-0.39, 0.29) is 10.8 Å². The Hall–Kier alpha value is -9.78. The monoisotopic (exact) mass is 1030 g/mol. The molecule has 16 aromatic rings. The first-order chi connectivity index (χ1) is 38.9. The fourth-order valence-electron chi connectivity index (χ4n) is 13.2. The topological polar surface area (TPSA) is 59.0 Å². The van der Waals surface area contributed by atoms with Gasteiger partial charge in [-0.15, -0.1) is 0 Å². The molecule has 0 aliphatic rings. The van der Waals surface area contributed by atoms with E-state index in [0.717, 1.165) is 133 Å². The van der Waals surface area contributed by atoms with Crippen LogP contribution in [-0.2, 0) is 10.8 Å². The summed E-state index contributed by atoms with van der Waals surface area (Å²) in [6.45, 7) is 13.8. The SMILES string of the molecule is CC(C)(C)c1c(N(c2ccc3c(c2)oc2cc4cc5c(cc4cc23)oc2cc(N(c3ccc4ccccc4c3C(C)(C)C)c3cccc4c3oc3ccccc34)ccc25)c2cccc3c2oc2ccccc23)ccc2ccccc12. The molecule has 0 fully saturated rings. The van der Waals surface area contributed by atoms with Crippen molar-refractivity contribution in [1.82, 2.24) is 0 Å². The highest BCUT2D eigenvalue weighted by molar-refractivity contribution is 6.17. The number of para-hydroxylation sites is 4. The van der Waals surface area contributed by atoms with Crippen molar-refractivity contribution in [2.75, 3.05) is 9.80 Å². The zero-order valence-electron chi connectivity index (χ0n) is 45.3. The molecule has 4 aromatic heterocycles. The summed E-state index contributed by atoms with van der Waals surface area (Å²) in [4.78, 5) is 4.74. The van der Waals surface area contributed by atoms with Gasteiger partial charge in [0.05, 0.1) is 34.1 Å². The van der Waals surface area contributed by atoms with Crippen LogP contribution >= 0.6 is 0 Å². The molecule has 0 amide bonds. The maximum absolute atomic E-state index is 6.96. The lowest BCUT2D eigenvalue weighted by Crippen LogP contribution is -2.19. The first-order valence-corrected chi connectivity index (χ1v) is 27.6. The number of hydrogen-bond donors (Lipinski definition) is 0. The van der Waals surface area contributed by atoms with Crippen LogP contribution in [0.3, 0.4) is 0 Å². The van der Waals surface area contributed by atoms with E-state index in [9.17, 15) is 0 Å². The molecular formula is C74H54N2O4. The highest BCUT2D eigenvalue weighted by atomic mass is 16.3. The first-order valence-electron chi connectivity index (χ1n) is 27.6. The molecule has 0 spiro atoms. The first kappa shape index (κ1) is 46.3. The van der Waals surface area contributed by atoms with Crippen LogP contribution in [0.5, 0.6) is 0 Å². The third-order valence-electron chi connectivity index (χ3n) is 16.5. The maximum Gasteiger partial charge on any atom is 0.159 e. The van der Waals surface area contributed by atoms with Crippen LogP contribution in [0.1, 0.15) is 52.7 Å². The van der Waals surface area contributed by atoms with Gasteiger partial charge in [-0.25, -0.2) is 0 Å². The third-order valence-corrected chi connectivity index (χ3v) is 16.5. The van der Waals surface area contributed by atoms with E-state index in [1.54, 1.807) is 0 Å². The summed E-state index contributed by atoms with van der Waals surface area (Å²) in [5.41, 5.74) is 14.8. The molecule has 4 heterocycles. The average molecular weight is 1040 g/mol. The molecule has 6 heteroatoms. The van der Waals surface area contributed by atoms with Gasteiger partial charge in [0, 0.05) is 55.2 Å². The van der Waals surface area contributed by atoms with Crippen LogP contribution in [0.2, 0.25) is 0 Å². The Morgan fingerprint density at radius 2 is 0.625 bits per heavy atom. The fraction of sp³-hybridized carbons (Fsp3) is 0.108. The third kappa shape index (κ3) is 6.98. The summed E-state index contributed by atoms with van der Waals surface area (Å²) in [5.74, 6) is 0. The summed E-state index contributed by atoms with van der Waals surface area (Å²) in [5, 5.41) is 15.5. The lowest BCUT2D eigenvalue weighted by molar-refractivity contribution is 0.596. The maximum atomic E-state index is 6.96. The van der Waals surface area contributed by atoms with Gasteiger partial charge < -0.3 is 27.5 Å². The normalized spacial score (nSPS) is 12.6. The second kappa shape index (κ2) is 16.9. The quantitative estimate of drug-likeness (QED) is 0.165. The van der Waals surface area contributed by atoms with Gasteiger partial charge in [0.25, 0.3) is 0 Å². The van der Waals surface area contributed by atoms with Gasteiger partial charge >= 0.3 is 0 Å². The smallest absolute Gasteiger partial charge is 0.159 e. The fourth-order valence-corrected chi connectivity index (χ4v) is 13.2. The van der Waals surface area contributed by atoms with Crippen molar-refractivity contribution in [1.29, 1.82) is 0 Å². The Balaban J connectivity index is 0.850. The molecule has 0 saturated heterocycles. The minimum atomic E-state index is -0.202. The number of benzene rings is 12. The number of furan rings is 4. The largest absolute Gasteiger partial charge is 0.456 e. The molecule has 16 rings (SSSR count). The van der Waals surface area contributed by atoms with E-state index in [1.807, 2.05) is 12.1 Å². The molecular weight excluding hydrogens is 981 g/mol. The highest BCUT2D eigenvalue weighted by Gasteiger charge is 2.31. The van der Waals surface area contributed by atoms with Gasteiger partial charge in [0.15, 0.2) is 11.2 Å². The molecule has 0 atom stereocenters. The van der Waals surface area contributed by atoms with Crippen molar-refractivity contribution in [3.63, 3.8) is 0 Å². The summed E-state index contributed by atoms with van der Waals surface area (Å²) in [7, 11) is 0. The summed E-state index contributed by atoms with van der Waals surface area (Å²) in [6.07, 6.45) is 0. The number of nitrogens with zero attached hydrogens (tertiary/aromatic N) is 2. The Bertz CT molecular complexity index is 4920. The Kier molecular flexibility index (Phi) is 9.76. The van der Waals surface area contributed by atoms with E-state index >= 15 is 0 Å². The molecule has 0 bridgehead atoms. The van der Waals surface area contributed by atoms with E-state index in [4.69, 9.17) is 17.7 Å². The minimum Gasteiger partial charge on any atom is -0.456 e. The zero-order chi connectivity index (χ0) is 53.8. The van der Waals surface area contributed by atoms with Gasteiger partial charge in [-0.05, 0) is 139 Å². The predicted octanol–water partition coefficient (Wildman–Crippen LogP) is 22.3. The standard InChI is InChI=1S/C74H54N2O4/c1-73(2,3)69-49-19-9-7-17-43(49)29-35-59(69)75(61-25-15-23-55-51-21-11-13-27-63(51)79-71(55)61)47-31-33-53-57-37-45-40-66-58(38-46(45)39-65(57)77-67(53)41-47)54-34-32-48(42-68(54)78-66)76(60-36-30-44-18-8-10-20-50(44)70(60)74(4,5)6)62-26-16-24-56-52-22-12-14-28-64(52)80-72(56)62/h7-42H,1-6H3. The predicted molar refractivity (Wildman–Crippen MR) is 335 cm³/mol. The van der Waals surface area contributed by atoms with E-state index in [1.165, 1.54) is 32.7 Å². The number of anilines is 6. The van der Waals surface area contributed by atoms with Crippen LogP contribution in [0, 0.1) is 0 Å². The van der Waals surface area contributed by atoms with Crippen molar-refractivity contribution >= 4 is 154 Å². The molecule has 6 nitrogen and oxygen atoms in total. The summed E-state index contributed by atoms with van der Waals surface area (Å²) >= 11 is 0. The van der Waals surface area contributed by atoms with Crippen LogP contribution in [0.25, 0.3) is 120 Å². The Morgan fingerprint density at radius 1 is 0.250 bits per heavy atom. The summed E-state index contributed by atoms with van der Waals surface area (Å²) < 4.78 is 27.5. The molecule has 0 radical (unpaired) electrons. The van der Waals surface area contributed by atoms with Crippen LogP contribution in [-0.4, -0.2) is 0 Å². The van der Waals surface area contributed by atoms with Crippen molar-refractivity contribution < 1.29 is 17.7 Å². The molecule has 0 N–H and O–H groups in total. The van der Waals surface area contributed by atoms with Crippen molar-refractivity contribution in [2.45, 2.75) is 52.4 Å². The number of rotatable bonds is 6. The van der Waals surface area contributed by atoms with Gasteiger partial charge in [-0.1, -0.05) is 163 Å². The second-order valence-corrected chi connectivity index (χ2v) is 23.6. The van der Waals surface area contributed by atoms with Crippen LogP contribution in [0.15, 0.2) is 236 Å². The van der Waals surface area contributed by atoms with Gasteiger partial charge in [0.2, 0.25) is 0 Å². The van der Waals surface area contributed by atoms with Crippen LogP contribution in [0.4, 0.5) is 34.1 Å². The summed E-state index contributed by atoms with van der Waals surface area (Å²) in [6, 6.07) is 78.1. The molecule has 0 saturated carbocycles. The van der Waals surface area contributed by atoms with Gasteiger partial charge in [-0.2, -0.15) is 0 Å². The van der Waals surface area contributed by atoms with E-state index in [2.05, 4.69) is 258 Å². The minimum absolute atomic E-state index is 0.202. The number of fused-ring (bicyclic) bond motifs is 15. The van der Waals surface area contributed by atoms with Gasteiger partial charge in [-0.3, -0.25) is 0 Å². The van der Waals surface area contributed by atoms with Crippen molar-refractivity contribution in [3.8, 4) is 0 Å². The molecule has 384 valence electrons. The zero-order valence-corrected chi connectivity index (χ0v) is 45.3. The van der Waals surface area contributed by atoms with Crippen molar-refractivity contribution in [2.24, 2.45) is 0 Å². The molecule has 12 aromatic carbocycles. The lowest BCUT2D eigenvalue weighted by Gasteiger charge is -2.33. The second-order valence-electron chi connectivity index (χ2n) is 23.6. The van der Waals surface area contributed by atoms with E-state index in [0.29, 0.717) is 0 Å².